The lowest BCUT2D eigenvalue weighted by atomic mass is 9.99. The van der Waals surface area contributed by atoms with Crippen LogP contribution in [0.3, 0.4) is 0 Å². The second-order valence-electron chi connectivity index (χ2n) is 20.9. The van der Waals surface area contributed by atoms with Crippen molar-refractivity contribution in [2.75, 3.05) is 13.2 Å². The molecule has 0 amide bonds. The van der Waals surface area contributed by atoms with E-state index in [9.17, 15) is 14.4 Å². The standard InChI is InChI=1S/C58H112O6/c1-7-53(5)45-39-33-27-21-17-15-13-11-9-10-12-14-16-18-22-29-35-41-47-56(59)62-50-55(64-58(61)49-43-37-31-23-19-20-26-32-38-44-52(3)4)51-63-57(60)48-42-36-30-25-24-28-34-40-46-54(6)8-2/h52-55H,7-51H2,1-6H3/t53?,54?,55-/m0/s1. The predicted molar refractivity (Wildman–Crippen MR) is 275 cm³/mol. The molecule has 0 N–H and O–H groups in total. The number of carbonyl (C=O) groups excluding carboxylic acids is 3. The third-order valence-electron chi connectivity index (χ3n) is 13.9. The molecule has 0 aromatic carbocycles. The summed E-state index contributed by atoms with van der Waals surface area (Å²) in [4.78, 5) is 38.1. The molecule has 0 spiro atoms. The lowest BCUT2D eigenvalue weighted by Gasteiger charge is -2.18. The van der Waals surface area contributed by atoms with Gasteiger partial charge in [0.2, 0.25) is 0 Å². The van der Waals surface area contributed by atoms with Crippen LogP contribution in [0.25, 0.3) is 0 Å². The highest BCUT2D eigenvalue weighted by molar-refractivity contribution is 5.71. The monoisotopic (exact) mass is 905 g/mol. The van der Waals surface area contributed by atoms with Crippen LogP contribution in [0.1, 0.15) is 318 Å². The lowest BCUT2D eigenvalue weighted by Crippen LogP contribution is -2.30. The normalized spacial score (nSPS) is 13.0. The molecule has 0 aliphatic carbocycles. The SMILES string of the molecule is CCC(C)CCCCCCCCCCCCCCCCCCCCC(=O)OC[C@@H](COC(=O)CCCCCCCCCCC(C)CC)OC(=O)CCCCCCCCCCCC(C)C. The Hall–Kier alpha value is -1.59. The van der Waals surface area contributed by atoms with Crippen molar-refractivity contribution in [1.29, 1.82) is 0 Å². The zero-order valence-corrected chi connectivity index (χ0v) is 44.1. The van der Waals surface area contributed by atoms with Gasteiger partial charge in [-0.2, -0.15) is 0 Å². The molecule has 0 aromatic heterocycles. The van der Waals surface area contributed by atoms with E-state index in [-0.39, 0.29) is 31.1 Å². The Morgan fingerprint density at radius 3 is 0.812 bits per heavy atom. The first-order chi connectivity index (χ1) is 31.2. The summed E-state index contributed by atoms with van der Waals surface area (Å²) >= 11 is 0. The smallest absolute Gasteiger partial charge is 0.306 e. The van der Waals surface area contributed by atoms with Crippen LogP contribution in [0.15, 0.2) is 0 Å². The minimum absolute atomic E-state index is 0.0644. The maximum Gasteiger partial charge on any atom is 0.306 e. The molecule has 3 atom stereocenters. The molecule has 0 aliphatic rings. The fourth-order valence-corrected chi connectivity index (χ4v) is 8.76. The van der Waals surface area contributed by atoms with Crippen molar-refractivity contribution >= 4 is 17.9 Å². The molecule has 0 saturated carbocycles. The van der Waals surface area contributed by atoms with E-state index in [0.29, 0.717) is 19.3 Å². The van der Waals surface area contributed by atoms with Crippen LogP contribution in [0, 0.1) is 17.8 Å². The number of esters is 3. The first-order valence-corrected chi connectivity index (χ1v) is 28.7. The molecule has 0 fully saturated rings. The van der Waals surface area contributed by atoms with Gasteiger partial charge in [0.25, 0.3) is 0 Å². The van der Waals surface area contributed by atoms with Gasteiger partial charge in [0, 0.05) is 19.3 Å². The molecular formula is C58H112O6. The quantitative estimate of drug-likeness (QED) is 0.0344. The lowest BCUT2D eigenvalue weighted by molar-refractivity contribution is -0.167. The maximum atomic E-state index is 12.8. The molecule has 0 radical (unpaired) electrons. The van der Waals surface area contributed by atoms with E-state index in [1.165, 1.54) is 199 Å². The van der Waals surface area contributed by atoms with Gasteiger partial charge in [0.1, 0.15) is 13.2 Å². The Morgan fingerprint density at radius 1 is 0.312 bits per heavy atom. The van der Waals surface area contributed by atoms with Gasteiger partial charge in [-0.15, -0.1) is 0 Å². The average molecular weight is 906 g/mol. The first kappa shape index (κ1) is 62.4. The highest BCUT2D eigenvalue weighted by Crippen LogP contribution is 2.19. The van der Waals surface area contributed by atoms with E-state index in [1.807, 2.05) is 0 Å². The van der Waals surface area contributed by atoms with Gasteiger partial charge >= 0.3 is 17.9 Å². The largest absolute Gasteiger partial charge is 0.462 e. The van der Waals surface area contributed by atoms with Crippen molar-refractivity contribution in [3.8, 4) is 0 Å². The summed E-state index contributed by atoms with van der Waals surface area (Å²) in [6.45, 7) is 13.8. The van der Waals surface area contributed by atoms with Crippen molar-refractivity contribution in [1.82, 2.24) is 0 Å². The van der Waals surface area contributed by atoms with Gasteiger partial charge in [-0.3, -0.25) is 14.4 Å². The van der Waals surface area contributed by atoms with E-state index in [0.717, 1.165) is 75.5 Å². The number of hydrogen-bond donors (Lipinski definition) is 0. The molecule has 380 valence electrons. The summed E-state index contributed by atoms with van der Waals surface area (Å²) in [7, 11) is 0. The molecule has 0 aromatic rings. The zero-order valence-electron chi connectivity index (χ0n) is 44.1. The second kappa shape index (κ2) is 49.3. The van der Waals surface area contributed by atoms with Crippen molar-refractivity contribution in [3.05, 3.63) is 0 Å². The van der Waals surface area contributed by atoms with Gasteiger partial charge in [0.05, 0.1) is 0 Å². The maximum absolute atomic E-state index is 12.8. The minimum Gasteiger partial charge on any atom is -0.462 e. The van der Waals surface area contributed by atoms with Crippen LogP contribution < -0.4 is 0 Å². The fourth-order valence-electron chi connectivity index (χ4n) is 8.76. The van der Waals surface area contributed by atoms with Crippen molar-refractivity contribution in [2.24, 2.45) is 17.8 Å². The summed E-state index contributed by atoms with van der Waals surface area (Å²) in [5.74, 6) is 1.71. The van der Waals surface area contributed by atoms with Crippen LogP contribution in [0.4, 0.5) is 0 Å². The van der Waals surface area contributed by atoms with Gasteiger partial charge in [-0.25, -0.2) is 0 Å². The van der Waals surface area contributed by atoms with E-state index in [4.69, 9.17) is 14.2 Å². The Kier molecular flexibility index (Phi) is 48.1. The molecule has 0 heterocycles. The Balaban J connectivity index is 4.21. The van der Waals surface area contributed by atoms with E-state index >= 15 is 0 Å². The molecule has 0 rings (SSSR count). The van der Waals surface area contributed by atoms with Crippen molar-refractivity contribution in [3.63, 3.8) is 0 Å². The second-order valence-corrected chi connectivity index (χ2v) is 20.9. The summed E-state index contributed by atoms with van der Waals surface area (Å²) < 4.78 is 16.9. The third kappa shape index (κ3) is 48.3. The molecule has 6 nitrogen and oxygen atoms in total. The van der Waals surface area contributed by atoms with Crippen LogP contribution in [0.5, 0.6) is 0 Å². The Morgan fingerprint density at radius 2 is 0.547 bits per heavy atom. The molecule has 6 heteroatoms. The first-order valence-electron chi connectivity index (χ1n) is 28.7. The van der Waals surface area contributed by atoms with Crippen molar-refractivity contribution < 1.29 is 28.6 Å². The Bertz CT molecular complexity index is 995. The predicted octanol–water partition coefficient (Wildman–Crippen LogP) is 18.7. The number of ether oxygens (including phenoxy) is 3. The van der Waals surface area contributed by atoms with E-state index < -0.39 is 6.10 Å². The highest BCUT2D eigenvalue weighted by atomic mass is 16.6. The summed E-state index contributed by atoms with van der Waals surface area (Å²) in [5, 5.41) is 0. The third-order valence-corrected chi connectivity index (χ3v) is 13.9. The number of rotatable bonds is 51. The van der Waals surface area contributed by atoms with Gasteiger partial charge in [-0.1, -0.05) is 279 Å². The molecule has 64 heavy (non-hydrogen) atoms. The molecule has 0 aliphatic heterocycles. The Labute approximate surface area is 399 Å². The summed E-state index contributed by atoms with van der Waals surface area (Å²) in [6, 6.07) is 0. The summed E-state index contributed by atoms with van der Waals surface area (Å²) in [6.07, 6.45) is 50.9. The number of unbranched alkanes of at least 4 members (excludes halogenated alkanes) is 32. The van der Waals surface area contributed by atoms with Crippen LogP contribution in [-0.2, 0) is 28.6 Å². The molecule has 0 saturated heterocycles. The van der Waals surface area contributed by atoms with Crippen LogP contribution in [0.2, 0.25) is 0 Å². The molecule has 0 bridgehead atoms. The van der Waals surface area contributed by atoms with Gasteiger partial charge < -0.3 is 14.2 Å². The average Bonchev–Trinajstić information content (AvgIpc) is 3.28. The van der Waals surface area contributed by atoms with Crippen molar-refractivity contribution in [2.45, 2.75) is 324 Å². The fraction of sp³-hybridized carbons (Fsp3) is 0.948. The summed E-state index contributed by atoms with van der Waals surface area (Å²) in [5.41, 5.74) is 0. The van der Waals surface area contributed by atoms with Crippen LogP contribution in [-0.4, -0.2) is 37.2 Å². The topological polar surface area (TPSA) is 78.9 Å². The zero-order chi connectivity index (χ0) is 47.0. The van der Waals surface area contributed by atoms with E-state index in [1.54, 1.807) is 0 Å². The highest BCUT2D eigenvalue weighted by Gasteiger charge is 2.19. The van der Waals surface area contributed by atoms with Gasteiger partial charge in [-0.05, 0) is 37.0 Å². The molecular weight excluding hydrogens is 793 g/mol. The van der Waals surface area contributed by atoms with Gasteiger partial charge in [0.15, 0.2) is 6.10 Å². The number of carbonyl (C=O) groups is 3. The molecule has 2 unspecified atom stereocenters. The van der Waals surface area contributed by atoms with Crippen LogP contribution >= 0.6 is 0 Å². The minimum atomic E-state index is -0.764. The van der Waals surface area contributed by atoms with E-state index in [2.05, 4.69) is 41.5 Å². The number of hydrogen-bond acceptors (Lipinski definition) is 6.